The first kappa shape index (κ1) is 23.2. The second-order valence-corrected chi connectivity index (χ2v) is 10.1. The molecule has 1 aliphatic carbocycles. The van der Waals surface area contributed by atoms with E-state index in [9.17, 15) is 19.2 Å². The van der Waals surface area contributed by atoms with Crippen LogP contribution in [0.4, 0.5) is 5.69 Å². The van der Waals surface area contributed by atoms with Gasteiger partial charge in [-0.25, -0.2) is 4.90 Å². The summed E-state index contributed by atoms with van der Waals surface area (Å²) >= 11 is 1.57. The van der Waals surface area contributed by atoms with E-state index < -0.39 is 35.5 Å². The van der Waals surface area contributed by atoms with Gasteiger partial charge in [-0.3, -0.25) is 24.5 Å². The number of nitrogens with zero attached hydrogens (tertiary/aromatic N) is 1. The van der Waals surface area contributed by atoms with Crippen molar-refractivity contribution in [1.82, 2.24) is 5.32 Å². The van der Waals surface area contributed by atoms with Crippen LogP contribution in [0.5, 0.6) is 0 Å². The summed E-state index contributed by atoms with van der Waals surface area (Å²) < 4.78 is 0. The molecule has 4 amide bonds. The van der Waals surface area contributed by atoms with E-state index in [0.717, 1.165) is 27.3 Å². The highest BCUT2D eigenvalue weighted by Gasteiger charge is 2.53. The van der Waals surface area contributed by atoms with Crippen LogP contribution in [0, 0.1) is 11.8 Å². The maximum absolute atomic E-state index is 13.8. The van der Waals surface area contributed by atoms with Crippen molar-refractivity contribution in [1.29, 1.82) is 0 Å². The highest BCUT2D eigenvalue weighted by atomic mass is 32.2. The molecule has 2 aliphatic heterocycles. The van der Waals surface area contributed by atoms with E-state index in [4.69, 9.17) is 0 Å². The minimum atomic E-state index is -0.851. The van der Waals surface area contributed by atoms with Crippen LogP contribution in [0.3, 0.4) is 0 Å². The molecule has 7 heteroatoms. The van der Waals surface area contributed by atoms with Gasteiger partial charge in [0.2, 0.25) is 11.8 Å². The summed E-state index contributed by atoms with van der Waals surface area (Å²) in [6, 6.07) is 24.8. The third-order valence-corrected chi connectivity index (χ3v) is 7.83. The first-order chi connectivity index (χ1) is 18.0. The average Bonchev–Trinajstić information content (AvgIpc) is 3.35. The van der Waals surface area contributed by atoms with Crippen LogP contribution in [-0.4, -0.2) is 29.9 Å². The molecule has 1 N–H and O–H groups in total. The van der Waals surface area contributed by atoms with Gasteiger partial charge >= 0.3 is 0 Å². The number of fused-ring (bicyclic) bond motifs is 2. The highest BCUT2D eigenvalue weighted by molar-refractivity contribution is 7.98. The van der Waals surface area contributed by atoms with Crippen LogP contribution < -0.4 is 10.2 Å². The molecule has 3 aromatic rings. The minimum Gasteiger partial charge on any atom is -0.295 e. The van der Waals surface area contributed by atoms with Crippen molar-refractivity contribution in [2.45, 2.75) is 11.3 Å². The Hall–Kier alpha value is -4.23. The van der Waals surface area contributed by atoms with E-state index in [1.165, 1.54) is 6.08 Å². The van der Waals surface area contributed by atoms with Gasteiger partial charge in [-0.15, -0.1) is 11.8 Å². The molecule has 2 fully saturated rings. The molecule has 3 aromatic carbocycles. The van der Waals surface area contributed by atoms with Gasteiger partial charge < -0.3 is 0 Å². The molecule has 0 spiro atoms. The number of amides is 4. The highest BCUT2D eigenvalue weighted by Crippen LogP contribution is 2.47. The zero-order valence-electron chi connectivity index (χ0n) is 19.9. The lowest BCUT2D eigenvalue weighted by atomic mass is 9.75. The van der Waals surface area contributed by atoms with Crippen LogP contribution in [-0.2, 0) is 25.6 Å². The lowest BCUT2D eigenvalue weighted by Gasteiger charge is -2.23. The van der Waals surface area contributed by atoms with Crippen molar-refractivity contribution in [3.63, 3.8) is 0 Å². The fourth-order valence-electron chi connectivity index (χ4n) is 5.30. The Morgan fingerprint density at radius 3 is 2.14 bits per heavy atom. The molecule has 0 aromatic heterocycles. The summed E-state index contributed by atoms with van der Waals surface area (Å²) in [5, 5.41) is 2.37. The molecule has 0 saturated carbocycles. The van der Waals surface area contributed by atoms with Crippen LogP contribution >= 0.6 is 11.8 Å². The first-order valence-electron chi connectivity index (χ1n) is 11.9. The van der Waals surface area contributed by atoms with Crippen LogP contribution in [0.25, 0.3) is 5.57 Å². The number of anilines is 1. The average molecular weight is 507 g/mol. The molecular weight excluding hydrogens is 484 g/mol. The van der Waals surface area contributed by atoms with Crippen molar-refractivity contribution in [3.05, 3.63) is 113 Å². The molecule has 2 unspecified atom stereocenters. The normalized spacial score (nSPS) is 20.7. The van der Waals surface area contributed by atoms with E-state index in [-0.39, 0.29) is 11.1 Å². The van der Waals surface area contributed by atoms with Gasteiger partial charge in [-0.2, -0.15) is 0 Å². The summed E-state index contributed by atoms with van der Waals surface area (Å²) in [7, 11) is 0. The number of carbonyl (C=O) groups is 4. The standard InChI is InChI=1S/C30H22N2O4S/c1-37-21-13-9-19(10-14-21)24-25-22(27(33)31-28(25)34)16-23-26(24)30(36)32(29(23)35)20-11-7-18(8-12-20)15-17-5-3-2-4-6-17/h2-14,16,22,25H,15H2,1H3,(H,31,33,34). The van der Waals surface area contributed by atoms with E-state index >= 15 is 0 Å². The lowest BCUT2D eigenvalue weighted by molar-refractivity contribution is -0.125. The van der Waals surface area contributed by atoms with Crippen LogP contribution in [0.15, 0.2) is 101 Å². The van der Waals surface area contributed by atoms with Gasteiger partial charge in [0.25, 0.3) is 11.8 Å². The number of nitrogens with one attached hydrogen (secondary N) is 1. The van der Waals surface area contributed by atoms with E-state index in [1.807, 2.05) is 73.0 Å². The molecule has 182 valence electrons. The number of hydrogen-bond donors (Lipinski definition) is 1. The molecule has 6 nitrogen and oxygen atoms in total. The molecular formula is C30H22N2O4S. The monoisotopic (exact) mass is 506 g/mol. The Morgan fingerprint density at radius 2 is 1.46 bits per heavy atom. The van der Waals surface area contributed by atoms with Crippen LogP contribution in [0.2, 0.25) is 0 Å². The summed E-state index contributed by atoms with van der Waals surface area (Å²) in [5.41, 5.74) is 4.12. The third kappa shape index (κ3) is 3.83. The lowest BCUT2D eigenvalue weighted by Crippen LogP contribution is -2.29. The largest absolute Gasteiger partial charge is 0.295 e. The molecule has 6 rings (SSSR count). The number of carbonyl (C=O) groups excluding carboxylic acids is 4. The van der Waals surface area contributed by atoms with Crippen molar-refractivity contribution >= 4 is 46.7 Å². The zero-order valence-corrected chi connectivity index (χ0v) is 20.7. The summed E-state index contributed by atoms with van der Waals surface area (Å²) in [5.74, 6) is -3.56. The number of benzene rings is 3. The second-order valence-electron chi connectivity index (χ2n) is 9.23. The maximum Gasteiger partial charge on any atom is 0.266 e. The molecule has 3 aliphatic rings. The molecule has 0 bridgehead atoms. The molecule has 2 heterocycles. The van der Waals surface area contributed by atoms with Gasteiger partial charge in [-0.1, -0.05) is 60.7 Å². The van der Waals surface area contributed by atoms with Crippen molar-refractivity contribution in [3.8, 4) is 0 Å². The Labute approximate surface area is 218 Å². The topological polar surface area (TPSA) is 83.6 Å². The minimum absolute atomic E-state index is 0.174. The Kier molecular flexibility index (Phi) is 5.65. The van der Waals surface area contributed by atoms with E-state index in [1.54, 1.807) is 23.9 Å². The predicted octanol–water partition coefficient (Wildman–Crippen LogP) is 4.16. The maximum atomic E-state index is 13.8. The van der Waals surface area contributed by atoms with Gasteiger partial charge in [0.1, 0.15) is 0 Å². The fourth-order valence-corrected chi connectivity index (χ4v) is 5.71. The Morgan fingerprint density at radius 1 is 0.784 bits per heavy atom. The number of thioether (sulfide) groups is 1. The number of hydrogen-bond acceptors (Lipinski definition) is 5. The zero-order chi connectivity index (χ0) is 25.7. The van der Waals surface area contributed by atoms with E-state index in [0.29, 0.717) is 16.8 Å². The Bertz CT molecular complexity index is 1520. The third-order valence-electron chi connectivity index (χ3n) is 7.08. The quantitative estimate of drug-likeness (QED) is 0.415. The van der Waals surface area contributed by atoms with Gasteiger partial charge in [0, 0.05) is 4.90 Å². The van der Waals surface area contributed by atoms with E-state index in [2.05, 4.69) is 5.32 Å². The van der Waals surface area contributed by atoms with Gasteiger partial charge in [0.05, 0.1) is 28.7 Å². The number of imide groups is 2. The summed E-state index contributed by atoms with van der Waals surface area (Å²) in [4.78, 5) is 55.0. The van der Waals surface area contributed by atoms with Crippen molar-refractivity contribution in [2.24, 2.45) is 11.8 Å². The number of rotatable bonds is 5. The molecule has 37 heavy (non-hydrogen) atoms. The predicted molar refractivity (Wildman–Crippen MR) is 142 cm³/mol. The SMILES string of the molecule is CSc1ccc(C2=C3C(=O)N(c4ccc(Cc5ccccc5)cc4)C(=O)C3=CC3C(=O)NC(=O)C23)cc1. The van der Waals surface area contributed by atoms with Crippen molar-refractivity contribution < 1.29 is 19.2 Å². The second kappa shape index (κ2) is 9.01. The molecule has 2 saturated heterocycles. The van der Waals surface area contributed by atoms with Crippen molar-refractivity contribution in [2.75, 3.05) is 11.2 Å². The molecule has 0 radical (unpaired) electrons. The van der Waals surface area contributed by atoms with Crippen LogP contribution in [0.1, 0.15) is 16.7 Å². The summed E-state index contributed by atoms with van der Waals surface area (Å²) in [6.07, 6.45) is 4.18. The smallest absolute Gasteiger partial charge is 0.266 e. The first-order valence-corrected chi connectivity index (χ1v) is 13.2. The fraction of sp³-hybridized carbons (Fsp3) is 0.133. The van der Waals surface area contributed by atoms with Gasteiger partial charge in [0.15, 0.2) is 0 Å². The van der Waals surface area contributed by atoms with Gasteiger partial charge in [-0.05, 0) is 59.2 Å². The Balaban J connectivity index is 1.42. The summed E-state index contributed by atoms with van der Waals surface area (Å²) in [6.45, 7) is 0. The molecule has 2 atom stereocenters.